The van der Waals surface area contributed by atoms with Crippen LogP contribution in [0.25, 0.3) is 11.0 Å². The lowest BCUT2D eigenvalue weighted by atomic mass is 10.1. The predicted molar refractivity (Wildman–Crippen MR) is 114 cm³/mol. The number of fused-ring (bicyclic) bond motifs is 1. The van der Waals surface area contributed by atoms with Crippen molar-refractivity contribution in [2.45, 2.75) is 25.4 Å². The van der Waals surface area contributed by atoms with E-state index in [1.807, 2.05) is 4.90 Å². The summed E-state index contributed by atoms with van der Waals surface area (Å²) in [6.45, 7) is 1.43. The van der Waals surface area contributed by atoms with Gasteiger partial charge in [0.25, 0.3) is 5.91 Å². The number of hydrogen-bond acceptors (Lipinski definition) is 5. The van der Waals surface area contributed by atoms with Crippen LogP contribution in [0.5, 0.6) is 5.75 Å². The van der Waals surface area contributed by atoms with Crippen molar-refractivity contribution in [3.63, 3.8) is 0 Å². The van der Waals surface area contributed by atoms with Gasteiger partial charge in [-0.15, -0.1) is 0 Å². The van der Waals surface area contributed by atoms with Gasteiger partial charge in [0, 0.05) is 18.5 Å². The van der Waals surface area contributed by atoms with Crippen LogP contribution in [0.3, 0.4) is 0 Å². The molecule has 1 saturated heterocycles. The molecule has 1 aliphatic rings. The number of rotatable bonds is 4. The number of methoxy groups -OCH3 is 1. The SMILES string of the molecule is COc1ccc2oc(=Nc3cc(C(F)(F)F)ccc3N3CCCCC3)c(C(N)=O)cc2c1. The molecule has 2 N–H and O–H groups in total. The van der Waals surface area contributed by atoms with Gasteiger partial charge in [0.15, 0.2) is 0 Å². The number of nitrogens with two attached hydrogens (primary N) is 1. The number of carbonyl (C=O) groups excluding carboxylic acids is 1. The Labute approximate surface area is 182 Å². The number of hydrogen-bond donors (Lipinski definition) is 1. The number of carbonyl (C=O) groups is 1. The average molecular weight is 445 g/mol. The number of benzene rings is 2. The van der Waals surface area contributed by atoms with Crippen molar-refractivity contribution in [3.05, 3.63) is 59.1 Å². The molecule has 0 radical (unpaired) electrons. The summed E-state index contributed by atoms with van der Waals surface area (Å²) >= 11 is 0. The Balaban J connectivity index is 1.94. The van der Waals surface area contributed by atoms with Crippen molar-refractivity contribution in [2.75, 3.05) is 25.1 Å². The van der Waals surface area contributed by atoms with E-state index in [-0.39, 0.29) is 16.8 Å². The quantitative estimate of drug-likeness (QED) is 0.627. The number of nitrogens with zero attached hydrogens (tertiary/aromatic N) is 2. The molecule has 3 aromatic rings. The van der Waals surface area contributed by atoms with Crippen LogP contribution in [0.2, 0.25) is 0 Å². The number of ether oxygens (including phenoxy) is 1. The first-order valence-corrected chi connectivity index (χ1v) is 10.2. The summed E-state index contributed by atoms with van der Waals surface area (Å²) in [7, 11) is 1.51. The summed E-state index contributed by atoms with van der Waals surface area (Å²) in [5.41, 5.74) is 5.53. The molecule has 2 aromatic carbocycles. The van der Waals surface area contributed by atoms with Gasteiger partial charge in [-0.3, -0.25) is 4.79 Å². The van der Waals surface area contributed by atoms with Gasteiger partial charge in [0.2, 0.25) is 5.55 Å². The van der Waals surface area contributed by atoms with Gasteiger partial charge in [-0.05, 0) is 61.7 Å². The van der Waals surface area contributed by atoms with Crippen molar-refractivity contribution in [3.8, 4) is 5.75 Å². The van der Waals surface area contributed by atoms with Crippen LogP contribution in [-0.2, 0) is 6.18 Å². The third kappa shape index (κ3) is 4.42. The van der Waals surface area contributed by atoms with Crippen LogP contribution >= 0.6 is 0 Å². The highest BCUT2D eigenvalue weighted by Gasteiger charge is 2.31. The van der Waals surface area contributed by atoms with Crippen LogP contribution in [0, 0.1) is 0 Å². The normalized spacial score (nSPS) is 15.2. The average Bonchev–Trinajstić information content (AvgIpc) is 2.78. The largest absolute Gasteiger partial charge is 0.497 e. The maximum Gasteiger partial charge on any atom is 0.416 e. The van der Waals surface area contributed by atoms with Crippen LogP contribution in [-0.4, -0.2) is 26.1 Å². The van der Waals surface area contributed by atoms with Crippen LogP contribution in [0.4, 0.5) is 24.5 Å². The summed E-state index contributed by atoms with van der Waals surface area (Å²) < 4.78 is 51.2. The molecular formula is C23H22F3N3O3. The molecule has 168 valence electrons. The maximum atomic E-state index is 13.4. The molecule has 1 amide bonds. The fourth-order valence-corrected chi connectivity index (χ4v) is 3.80. The van der Waals surface area contributed by atoms with Crippen LogP contribution in [0.1, 0.15) is 35.2 Å². The zero-order chi connectivity index (χ0) is 22.9. The van der Waals surface area contributed by atoms with Crippen molar-refractivity contribution >= 4 is 28.3 Å². The Kier molecular flexibility index (Phi) is 5.82. The lowest BCUT2D eigenvalue weighted by Gasteiger charge is -2.30. The molecule has 1 aromatic heterocycles. The zero-order valence-electron chi connectivity index (χ0n) is 17.4. The monoisotopic (exact) mass is 445 g/mol. The molecule has 6 nitrogen and oxygen atoms in total. The smallest absolute Gasteiger partial charge is 0.416 e. The Hall–Kier alpha value is -3.49. The van der Waals surface area contributed by atoms with Crippen LogP contribution < -0.4 is 20.9 Å². The molecule has 1 aliphatic heterocycles. The van der Waals surface area contributed by atoms with Crippen LogP contribution in [0.15, 0.2) is 51.9 Å². The molecule has 32 heavy (non-hydrogen) atoms. The van der Waals surface area contributed by atoms with E-state index in [2.05, 4.69) is 4.99 Å². The standard InChI is InChI=1S/C23H22F3N3O3/c1-31-16-6-8-20-14(11-16)12-17(21(27)30)22(32-20)28-18-13-15(23(24,25)26)5-7-19(18)29-9-3-2-4-10-29/h5-8,11-13H,2-4,9-10H2,1H3,(H2,27,30). The van der Waals surface area contributed by atoms with Gasteiger partial charge in [0.05, 0.1) is 24.0 Å². The third-order valence-corrected chi connectivity index (χ3v) is 5.44. The van der Waals surface area contributed by atoms with Gasteiger partial charge < -0.3 is 19.8 Å². The first kappa shape index (κ1) is 21.7. The summed E-state index contributed by atoms with van der Waals surface area (Å²) in [4.78, 5) is 18.5. The third-order valence-electron chi connectivity index (χ3n) is 5.44. The van der Waals surface area contributed by atoms with Gasteiger partial charge in [-0.25, -0.2) is 4.99 Å². The first-order valence-electron chi connectivity index (χ1n) is 10.2. The first-order chi connectivity index (χ1) is 15.3. The van der Waals surface area contributed by atoms with Crippen molar-refractivity contribution in [2.24, 2.45) is 10.7 Å². The van der Waals surface area contributed by atoms with E-state index in [0.29, 0.717) is 35.5 Å². The molecule has 0 saturated carbocycles. The van der Waals surface area contributed by atoms with Crippen molar-refractivity contribution in [1.29, 1.82) is 0 Å². The molecule has 9 heteroatoms. The zero-order valence-corrected chi connectivity index (χ0v) is 17.4. The summed E-state index contributed by atoms with van der Waals surface area (Å²) in [5.74, 6) is -0.248. The molecule has 0 unspecified atom stereocenters. The fourth-order valence-electron chi connectivity index (χ4n) is 3.80. The number of alkyl halides is 3. The number of amides is 1. The highest BCUT2D eigenvalue weighted by molar-refractivity contribution is 5.95. The predicted octanol–water partition coefficient (Wildman–Crippen LogP) is 4.78. The second-order valence-electron chi connectivity index (χ2n) is 7.59. The lowest BCUT2D eigenvalue weighted by molar-refractivity contribution is -0.137. The Morgan fingerprint density at radius 1 is 1.09 bits per heavy atom. The van der Waals surface area contributed by atoms with Crippen molar-refractivity contribution in [1.82, 2.24) is 0 Å². The maximum absolute atomic E-state index is 13.4. The number of anilines is 1. The molecule has 0 aliphatic carbocycles. The van der Waals surface area contributed by atoms with E-state index in [1.165, 1.54) is 19.2 Å². The summed E-state index contributed by atoms with van der Waals surface area (Å²) in [5, 5.41) is 0.553. The summed E-state index contributed by atoms with van der Waals surface area (Å²) in [6.07, 6.45) is -1.59. The Bertz CT molecular complexity index is 1230. The topological polar surface area (TPSA) is 81.1 Å². The van der Waals surface area contributed by atoms with E-state index in [9.17, 15) is 18.0 Å². The van der Waals surface area contributed by atoms with E-state index < -0.39 is 17.6 Å². The minimum absolute atomic E-state index is 0.0345. The Morgan fingerprint density at radius 3 is 2.50 bits per heavy atom. The van der Waals surface area contributed by atoms with Gasteiger partial charge >= 0.3 is 6.18 Å². The van der Waals surface area contributed by atoms with Crippen molar-refractivity contribution < 1.29 is 27.1 Å². The number of piperidine rings is 1. The van der Waals surface area contributed by atoms with Gasteiger partial charge in [-0.2, -0.15) is 13.2 Å². The van der Waals surface area contributed by atoms with Gasteiger partial charge in [-0.1, -0.05) is 0 Å². The van der Waals surface area contributed by atoms with E-state index in [0.717, 1.165) is 31.4 Å². The lowest BCUT2D eigenvalue weighted by Crippen LogP contribution is -2.29. The molecule has 0 atom stereocenters. The highest BCUT2D eigenvalue weighted by atomic mass is 19.4. The molecule has 2 heterocycles. The van der Waals surface area contributed by atoms with E-state index in [4.69, 9.17) is 14.9 Å². The molecule has 1 fully saturated rings. The minimum Gasteiger partial charge on any atom is -0.497 e. The second kappa shape index (κ2) is 8.57. The number of primary amides is 1. The molecular weight excluding hydrogens is 423 g/mol. The highest BCUT2D eigenvalue weighted by Crippen LogP contribution is 2.37. The summed E-state index contributed by atoms with van der Waals surface area (Å²) in [6, 6.07) is 9.90. The molecule has 0 spiro atoms. The van der Waals surface area contributed by atoms with E-state index >= 15 is 0 Å². The molecule has 0 bridgehead atoms. The van der Waals surface area contributed by atoms with Gasteiger partial charge in [0.1, 0.15) is 16.9 Å². The second-order valence-corrected chi connectivity index (χ2v) is 7.59. The molecule has 4 rings (SSSR count). The Morgan fingerprint density at radius 2 is 1.84 bits per heavy atom. The minimum atomic E-state index is -4.53. The van der Waals surface area contributed by atoms with E-state index in [1.54, 1.807) is 18.2 Å². The number of halogens is 3. The fraction of sp³-hybridized carbons (Fsp3) is 0.304.